The zero-order chi connectivity index (χ0) is 20.7. The van der Waals surface area contributed by atoms with Crippen molar-refractivity contribution < 1.29 is 20.4 Å². The number of anilines is 1. The first-order valence-corrected chi connectivity index (χ1v) is 9.92. The summed E-state index contributed by atoms with van der Waals surface area (Å²) in [6, 6.07) is 15.6. The van der Waals surface area contributed by atoms with Crippen LogP contribution in [-0.4, -0.2) is 24.8 Å². The second kappa shape index (κ2) is 7.06. The molecule has 1 N–H and O–H groups in total. The molecule has 2 aromatic carbocycles. The molecule has 0 unspecified atom stereocenters. The summed E-state index contributed by atoms with van der Waals surface area (Å²) in [5, 5.41) is 3.03. The summed E-state index contributed by atoms with van der Waals surface area (Å²) in [4.78, 5) is 17.7. The number of rotatable bonds is 5. The number of carbonyl (C=O) groups is 1. The van der Waals surface area contributed by atoms with Crippen molar-refractivity contribution in [2.75, 3.05) is 19.2 Å². The topological polar surface area (TPSA) is 69.7 Å². The number of amides is 1. The van der Waals surface area contributed by atoms with Gasteiger partial charge >= 0.3 is 0 Å². The number of carbonyl (C=O) groups excluding carboxylic acids is 1. The maximum absolute atomic E-state index is 13.1. The van der Waals surface area contributed by atoms with Crippen molar-refractivity contribution in [1.29, 1.82) is 0 Å². The van der Waals surface area contributed by atoms with Crippen LogP contribution in [0.1, 0.15) is 25.4 Å². The molecule has 1 saturated carbocycles. The second-order valence-corrected chi connectivity index (χ2v) is 7.72. The number of fused-ring (bicyclic) bond motifs is 1. The Kier molecular flexibility index (Phi) is 4.35. The normalized spacial score (nSPS) is 15.5. The number of benzene rings is 2. The zero-order valence-corrected chi connectivity index (χ0v) is 16.9. The Bertz CT molecular complexity index is 1130. The molecule has 3 aromatic rings. The molecule has 1 aromatic heterocycles. The molecule has 1 fully saturated rings. The lowest BCUT2D eigenvalue weighted by Gasteiger charge is -2.17. The van der Waals surface area contributed by atoms with E-state index in [0.717, 1.165) is 46.6 Å². The summed E-state index contributed by atoms with van der Waals surface area (Å²) >= 11 is 0. The van der Waals surface area contributed by atoms with Gasteiger partial charge in [0.2, 0.25) is 12.7 Å². The molecule has 0 spiro atoms. The highest BCUT2D eigenvalue weighted by molar-refractivity contribution is 6.01. The predicted octanol–water partition coefficient (Wildman–Crippen LogP) is 4.71. The number of nitrogens with one attached hydrogen (secondary N) is 1. The monoisotopic (exact) mass is 404 g/mol. The van der Waals surface area contributed by atoms with Crippen LogP contribution in [0, 0.1) is 6.92 Å². The van der Waals surface area contributed by atoms with Crippen LogP contribution in [0.5, 0.6) is 17.2 Å². The van der Waals surface area contributed by atoms with Gasteiger partial charge in [-0.1, -0.05) is 18.2 Å². The zero-order valence-electron chi connectivity index (χ0n) is 16.9. The van der Waals surface area contributed by atoms with Crippen LogP contribution < -0.4 is 19.5 Å². The average molecular weight is 404 g/mol. The molecule has 1 aliphatic heterocycles. The Balaban J connectivity index is 0.00000231. The Morgan fingerprint density at radius 1 is 1.07 bits per heavy atom. The van der Waals surface area contributed by atoms with E-state index in [4.69, 9.17) is 14.2 Å². The third kappa shape index (κ3) is 3.14. The van der Waals surface area contributed by atoms with Gasteiger partial charge in [0.05, 0.1) is 12.5 Å². The van der Waals surface area contributed by atoms with Gasteiger partial charge in [-0.2, -0.15) is 0 Å². The first-order chi connectivity index (χ1) is 14.6. The van der Waals surface area contributed by atoms with E-state index < -0.39 is 5.41 Å². The Hall–Kier alpha value is -3.54. The minimum Gasteiger partial charge on any atom is -0.497 e. The van der Waals surface area contributed by atoms with Crippen molar-refractivity contribution in [2.45, 2.75) is 25.2 Å². The van der Waals surface area contributed by atoms with Crippen molar-refractivity contribution in [3.8, 4) is 28.4 Å². The molecule has 1 aliphatic carbocycles. The molecule has 6 nitrogen and oxygen atoms in total. The van der Waals surface area contributed by atoms with Crippen molar-refractivity contribution in [3.05, 3.63) is 65.9 Å². The summed E-state index contributed by atoms with van der Waals surface area (Å²) in [6.07, 6.45) is 3.40. The molecule has 0 bridgehead atoms. The number of aryl methyl sites for hydroxylation is 1. The van der Waals surface area contributed by atoms with Crippen molar-refractivity contribution in [2.24, 2.45) is 0 Å². The first-order valence-electron chi connectivity index (χ1n) is 9.92. The average Bonchev–Trinajstić information content (AvgIpc) is 3.46. The molecule has 0 radical (unpaired) electrons. The molecule has 30 heavy (non-hydrogen) atoms. The van der Waals surface area contributed by atoms with Crippen LogP contribution >= 0.6 is 0 Å². The summed E-state index contributed by atoms with van der Waals surface area (Å²) in [5.74, 6) is 2.79. The van der Waals surface area contributed by atoms with E-state index in [1.165, 1.54) is 0 Å². The van der Waals surface area contributed by atoms with E-state index in [2.05, 4.69) is 10.3 Å². The highest BCUT2D eigenvalue weighted by atomic mass is 16.7. The Morgan fingerprint density at radius 2 is 1.83 bits per heavy atom. The van der Waals surface area contributed by atoms with Crippen molar-refractivity contribution in [3.63, 3.8) is 0 Å². The van der Waals surface area contributed by atoms with E-state index in [1.807, 2.05) is 55.5 Å². The van der Waals surface area contributed by atoms with E-state index in [1.54, 1.807) is 13.3 Å². The lowest BCUT2D eigenvalue weighted by molar-refractivity contribution is -0.118. The first kappa shape index (κ1) is 18.5. The molecular weight excluding hydrogens is 380 g/mol. The van der Waals surface area contributed by atoms with E-state index in [9.17, 15) is 4.79 Å². The quantitative estimate of drug-likeness (QED) is 0.667. The number of hydrogen-bond acceptors (Lipinski definition) is 5. The van der Waals surface area contributed by atoms with Gasteiger partial charge in [0.15, 0.2) is 11.5 Å². The maximum atomic E-state index is 13.1. The maximum Gasteiger partial charge on any atom is 0.236 e. The number of pyridine rings is 1. The van der Waals surface area contributed by atoms with Gasteiger partial charge in [0, 0.05) is 13.2 Å². The summed E-state index contributed by atoms with van der Waals surface area (Å²) in [6.45, 7) is 2.18. The number of nitrogens with zero attached hydrogens (tertiary/aromatic N) is 1. The van der Waals surface area contributed by atoms with Gasteiger partial charge < -0.3 is 19.5 Å². The molecule has 0 atom stereocenters. The van der Waals surface area contributed by atoms with E-state index in [0.29, 0.717) is 11.6 Å². The van der Waals surface area contributed by atoms with Gasteiger partial charge in [0.25, 0.3) is 0 Å². The Morgan fingerprint density at radius 3 is 2.53 bits per heavy atom. The van der Waals surface area contributed by atoms with Crippen LogP contribution in [0.25, 0.3) is 11.1 Å². The molecular formula is C24H24N2O4. The van der Waals surface area contributed by atoms with Gasteiger partial charge in [-0.25, -0.2) is 4.98 Å². The smallest absolute Gasteiger partial charge is 0.236 e. The standard InChI is InChI=1S/C24H22N2O4.H2/c1-15-11-17(16-3-6-19(28-2)7-4-16)13-25-22(15)26-23(27)24(9-10-24)18-5-8-20-21(12-18)30-14-29-20;/h3-8,11-13H,9-10,14H2,1-2H3,(H,25,26,27);1H. The van der Waals surface area contributed by atoms with Crippen LogP contribution in [0.4, 0.5) is 5.82 Å². The molecule has 5 rings (SSSR count). The lowest BCUT2D eigenvalue weighted by Crippen LogP contribution is -2.28. The number of methoxy groups -OCH3 is 1. The van der Waals surface area contributed by atoms with Crippen LogP contribution in [0.2, 0.25) is 0 Å². The lowest BCUT2D eigenvalue weighted by atomic mass is 9.94. The highest BCUT2D eigenvalue weighted by Crippen LogP contribution is 2.51. The minimum atomic E-state index is -0.524. The third-order valence-corrected chi connectivity index (χ3v) is 5.84. The number of hydrogen-bond donors (Lipinski definition) is 1. The van der Waals surface area contributed by atoms with Gasteiger partial charge in [0.1, 0.15) is 11.6 Å². The Labute approximate surface area is 176 Å². The minimum absolute atomic E-state index is 0. The van der Waals surface area contributed by atoms with Crippen molar-refractivity contribution >= 4 is 11.7 Å². The second-order valence-electron chi connectivity index (χ2n) is 7.72. The van der Waals surface area contributed by atoms with E-state index in [-0.39, 0.29) is 14.1 Å². The molecule has 154 valence electrons. The number of ether oxygens (including phenoxy) is 3. The molecule has 6 heteroatoms. The summed E-state index contributed by atoms with van der Waals surface area (Å²) < 4.78 is 16.1. The van der Waals surface area contributed by atoms with Crippen LogP contribution in [-0.2, 0) is 10.2 Å². The fourth-order valence-electron chi connectivity index (χ4n) is 3.84. The molecule has 2 heterocycles. The fraction of sp³-hybridized carbons (Fsp3) is 0.250. The van der Waals surface area contributed by atoms with Crippen LogP contribution in [0.15, 0.2) is 54.7 Å². The predicted molar refractivity (Wildman–Crippen MR) is 115 cm³/mol. The summed E-state index contributed by atoms with van der Waals surface area (Å²) in [5.41, 5.74) is 3.38. The fourth-order valence-corrected chi connectivity index (χ4v) is 3.84. The third-order valence-electron chi connectivity index (χ3n) is 5.84. The number of aromatic nitrogens is 1. The van der Waals surface area contributed by atoms with Gasteiger partial charge in [-0.3, -0.25) is 4.79 Å². The van der Waals surface area contributed by atoms with Crippen molar-refractivity contribution in [1.82, 2.24) is 4.98 Å². The SMILES string of the molecule is COc1ccc(-c2cnc(NC(=O)C3(c4ccc5c(c4)OCO5)CC3)c(C)c2)cc1.[HH]. The molecule has 1 amide bonds. The van der Waals surface area contributed by atoms with Gasteiger partial charge in [-0.15, -0.1) is 0 Å². The van der Waals surface area contributed by atoms with Crippen LogP contribution in [0.3, 0.4) is 0 Å². The van der Waals surface area contributed by atoms with Gasteiger partial charge in [-0.05, 0) is 66.8 Å². The summed E-state index contributed by atoms with van der Waals surface area (Å²) in [7, 11) is 1.65. The largest absolute Gasteiger partial charge is 0.497 e. The molecule has 0 saturated heterocycles. The molecule has 2 aliphatic rings. The highest BCUT2D eigenvalue weighted by Gasteiger charge is 2.51. The van der Waals surface area contributed by atoms with E-state index >= 15 is 0 Å².